The highest BCUT2D eigenvalue weighted by Gasteiger charge is 2.48. The van der Waals surface area contributed by atoms with E-state index in [0.29, 0.717) is 6.54 Å². The number of fused-ring (bicyclic) bond motifs is 1. The molecule has 118 valence electrons. The lowest BCUT2D eigenvalue weighted by Gasteiger charge is -2.36. The Kier molecular flexibility index (Phi) is 3.67. The van der Waals surface area contributed by atoms with Crippen molar-refractivity contribution in [1.29, 1.82) is 5.26 Å². The monoisotopic (exact) mass is 327 g/mol. The van der Waals surface area contributed by atoms with Crippen LogP contribution in [0.25, 0.3) is 0 Å². The van der Waals surface area contributed by atoms with Gasteiger partial charge in [0.15, 0.2) is 0 Å². The fourth-order valence-corrected chi connectivity index (χ4v) is 4.58. The Hall–Kier alpha value is -1.56. The Balaban J connectivity index is 1.83. The summed E-state index contributed by atoms with van der Waals surface area (Å²) in [5.41, 5.74) is 0.257. The number of nitriles is 1. The van der Waals surface area contributed by atoms with Crippen LogP contribution in [0, 0.1) is 11.3 Å². The van der Waals surface area contributed by atoms with E-state index in [-0.39, 0.29) is 36.5 Å². The molecule has 5 nitrogen and oxygen atoms in total. The van der Waals surface area contributed by atoms with Crippen molar-refractivity contribution in [3.8, 4) is 6.07 Å². The fraction of sp³-hybridized carbons (Fsp3) is 0.500. The molecule has 0 amide bonds. The summed E-state index contributed by atoms with van der Waals surface area (Å²) >= 11 is 0. The van der Waals surface area contributed by atoms with Gasteiger partial charge in [0, 0.05) is 32.1 Å². The summed E-state index contributed by atoms with van der Waals surface area (Å²) in [5.74, 6) is -2.74. The predicted octanol–water partition coefficient (Wildman–Crippen LogP) is 1.27. The number of hydrogen-bond donors (Lipinski definition) is 0. The highest BCUT2D eigenvalue weighted by atomic mass is 32.2. The number of alkyl halides is 2. The van der Waals surface area contributed by atoms with Crippen molar-refractivity contribution in [2.75, 3.05) is 26.2 Å². The average molecular weight is 327 g/mol. The molecule has 2 heterocycles. The molecule has 2 fully saturated rings. The van der Waals surface area contributed by atoms with Gasteiger partial charge in [-0.05, 0) is 18.2 Å². The Labute approximate surface area is 127 Å². The van der Waals surface area contributed by atoms with Crippen molar-refractivity contribution < 1.29 is 17.2 Å². The zero-order chi connectivity index (χ0) is 16.0. The molecule has 1 aromatic carbocycles. The van der Waals surface area contributed by atoms with E-state index in [1.165, 1.54) is 28.6 Å². The number of rotatable bonds is 2. The van der Waals surface area contributed by atoms with Gasteiger partial charge in [0.1, 0.15) is 0 Å². The summed E-state index contributed by atoms with van der Waals surface area (Å²) in [6.45, 7) is 0.257. The lowest BCUT2D eigenvalue weighted by Crippen LogP contribution is -2.51. The minimum absolute atomic E-state index is 0.0322. The molecular weight excluding hydrogens is 312 g/mol. The standard InChI is InChI=1S/C14H15F2N3O2S/c15-14(16)7-12-9-19(5-4-18(12)10-14)22(20,21)13-3-1-2-11(6-13)8-17/h1-3,6,12H,4-5,7,9-10H2/t12-/m0/s1. The highest BCUT2D eigenvalue weighted by Crippen LogP contribution is 2.35. The van der Waals surface area contributed by atoms with Crippen LogP contribution in [-0.2, 0) is 10.0 Å². The van der Waals surface area contributed by atoms with Crippen LogP contribution >= 0.6 is 0 Å². The van der Waals surface area contributed by atoms with Gasteiger partial charge in [-0.25, -0.2) is 17.2 Å². The number of nitrogens with zero attached hydrogens (tertiary/aromatic N) is 3. The molecule has 0 radical (unpaired) electrons. The predicted molar refractivity (Wildman–Crippen MR) is 74.8 cm³/mol. The van der Waals surface area contributed by atoms with Crippen LogP contribution in [0.2, 0.25) is 0 Å². The second kappa shape index (κ2) is 5.26. The molecule has 2 aliphatic heterocycles. The molecule has 0 aromatic heterocycles. The first-order valence-electron chi connectivity index (χ1n) is 6.94. The largest absolute Gasteiger partial charge is 0.292 e. The highest BCUT2D eigenvalue weighted by molar-refractivity contribution is 7.89. The third kappa shape index (κ3) is 2.72. The molecule has 1 aromatic rings. The molecule has 0 spiro atoms. The molecule has 0 aliphatic carbocycles. The first-order chi connectivity index (χ1) is 10.3. The van der Waals surface area contributed by atoms with Gasteiger partial charge in [0.05, 0.1) is 23.1 Å². The zero-order valence-corrected chi connectivity index (χ0v) is 12.6. The number of hydrogen-bond acceptors (Lipinski definition) is 4. The van der Waals surface area contributed by atoms with Crippen molar-refractivity contribution in [2.24, 2.45) is 0 Å². The summed E-state index contributed by atoms with van der Waals surface area (Å²) in [7, 11) is -3.76. The van der Waals surface area contributed by atoms with Gasteiger partial charge in [-0.15, -0.1) is 0 Å². The molecule has 2 aliphatic rings. The Morgan fingerprint density at radius 3 is 2.82 bits per heavy atom. The first-order valence-corrected chi connectivity index (χ1v) is 8.38. The average Bonchev–Trinajstić information content (AvgIpc) is 2.80. The second-order valence-electron chi connectivity index (χ2n) is 5.69. The third-order valence-electron chi connectivity index (χ3n) is 4.14. The molecule has 0 bridgehead atoms. The van der Waals surface area contributed by atoms with Gasteiger partial charge in [0.25, 0.3) is 5.92 Å². The van der Waals surface area contributed by atoms with E-state index >= 15 is 0 Å². The van der Waals surface area contributed by atoms with Gasteiger partial charge >= 0.3 is 0 Å². The van der Waals surface area contributed by atoms with E-state index in [9.17, 15) is 17.2 Å². The maximum Gasteiger partial charge on any atom is 0.262 e. The van der Waals surface area contributed by atoms with Gasteiger partial charge in [-0.3, -0.25) is 4.90 Å². The summed E-state index contributed by atoms with van der Waals surface area (Å²) in [6.07, 6.45) is -0.308. The molecule has 0 unspecified atom stereocenters. The summed E-state index contributed by atoms with van der Waals surface area (Å²) < 4.78 is 53.4. The zero-order valence-electron chi connectivity index (χ0n) is 11.7. The maximum atomic E-state index is 13.4. The fourth-order valence-electron chi connectivity index (χ4n) is 3.07. The van der Waals surface area contributed by atoms with Crippen LogP contribution in [-0.4, -0.2) is 55.8 Å². The second-order valence-corrected chi connectivity index (χ2v) is 7.62. The third-order valence-corrected chi connectivity index (χ3v) is 6.00. The SMILES string of the molecule is N#Cc1cccc(S(=O)(=O)N2CCN3CC(F)(F)C[C@H]3C2)c1. The van der Waals surface area contributed by atoms with Crippen molar-refractivity contribution in [3.05, 3.63) is 29.8 Å². The smallest absolute Gasteiger partial charge is 0.262 e. The quantitative estimate of drug-likeness (QED) is 0.821. The van der Waals surface area contributed by atoms with Crippen LogP contribution in [0.5, 0.6) is 0 Å². The van der Waals surface area contributed by atoms with Crippen LogP contribution in [0.4, 0.5) is 8.78 Å². The molecule has 8 heteroatoms. The molecule has 0 saturated carbocycles. The van der Waals surface area contributed by atoms with Crippen molar-refractivity contribution in [1.82, 2.24) is 9.21 Å². The number of benzene rings is 1. The minimum atomic E-state index is -3.76. The van der Waals surface area contributed by atoms with E-state index in [1.54, 1.807) is 4.90 Å². The summed E-state index contributed by atoms with van der Waals surface area (Å²) in [5, 5.41) is 8.87. The number of piperazine rings is 1. The van der Waals surface area contributed by atoms with Crippen LogP contribution in [0.3, 0.4) is 0 Å². The van der Waals surface area contributed by atoms with Gasteiger partial charge in [-0.2, -0.15) is 9.57 Å². The summed E-state index contributed by atoms with van der Waals surface area (Å²) in [6, 6.07) is 7.21. The van der Waals surface area contributed by atoms with Crippen molar-refractivity contribution in [2.45, 2.75) is 23.3 Å². The van der Waals surface area contributed by atoms with Gasteiger partial charge in [-0.1, -0.05) is 6.07 Å². The van der Waals surface area contributed by atoms with Gasteiger partial charge < -0.3 is 0 Å². The first kappa shape index (κ1) is 15.3. The Bertz CT molecular complexity index is 730. The molecule has 0 N–H and O–H groups in total. The molecule has 2 saturated heterocycles. The topological polar surface area (TPSA) is 64.4 Å². The minimum Gasteiger partial charge on any atom is -0.292 e. The van der Waals surface area contributed by atoms with E-state index < -0.39 is 22.0 Å². The lowest BCUT2D eigenvalue weighted by atomic mass is 10.1. The van der Waals surface area contributed by atoms with Crippen molar-refractivity contribution >= 4 is 10.0 Å². The molecule has 1 atom stereocenters. The van der Waals surface area contributed by atoms with E-state index in [1.807, 2.05) is 6.07 Å². The van der Waals surface area contributed by atoms with E-state index in [0.717, 1.165) is 0 Å². The maximum absolute atomic E-state index is 13.4. The van der Waals surface area contributed by atoms with E-state index in [4.69, 9.17) is 5.26 Å². The van der Waals surface area contributed by atoms with Crippen LogP contribution in [0.1, 0.15) is 12.0 Å². The number of sulfonamides is 1. The molecular formula is C14H15F2N3O2S. The normalized spacial score (nSPS) is 25.6. The lowest BCUT2D eigenvalue weighted by molar-refractivity contribution is 0.0123. The van der Waals surface area contributed by atoms with E-state index in [2.05, 4.69) is 0 Å². The van der Waals surface area contributed by atoms with Crippen molar-refractivity contribution in [3.63, 3.8) is 0 Å². The van der Waals surface area contributed by atoms with Crippen LogP contribution < -0.4 is 0 Å². The van der Waals surface area contributed by atoms with Crippen LogP contribution in [0.15, 0.2) is 29.2 Å². The molecule has 3 rings (SSSR count). The Morgan fingerprint density at radius 2 is 2.09 bits per heavy atom. The molecule has 22 heavy (non-hydrogen) atoms. The summed E-state index contributed by atoms with van der Waals surface area (Å²) in [4.78, 5) is 1.68. The number of halogens is 2. The van der Waals surface area contributed by atoms with Gasteiger partial charge in [0.2, 0.25) is 10.0 Å². The Morgan fingerprint density at radius 1 is 1.32 bits per heavy atom.